The van der Waals surface area contributed by atoms with E-state index in [-0.39, 0.29) is 17.5 Å². The Morgan fingerprint density at radius 3 is 2.68 bits per heavy atom. The average molecular weight is 340 g/mol. The molecule has 0 amide bonds. The third kappa shape index (κ3) is 6.02. The van der Waals surface area contributed by atoms with Crippen LogP contribution in [0.2, 0.25) is 0 Å². The number of aliphatic hydroxyl groups excluding tert-OH is 1. The summed E-state index contributed by atoms with van der Waals surface area (Å²) in [5.41, 5.74) is 0.0617. The van der Waals surface area contributed by atoms with Gasteiger partial charge in [0.15, 0.2) is 5.78 Å². The van der Waals surface area contributed by atoms with Crippen molar-refractivity contribution in [1.29, 1.82) is 0 Å². The minimum absolute atomic E-state index is 0.0673. The molecule has 0 fully saturated rings. The Labute approximate surface area is 150 Å². The summed E-state index contributed by atoms with van der Waals surface area (Å²) in [6, 6.07) is 9.11. The maximum Gasteiger partial charge on any atom is 0.185 e. The van der Waals surface area contributed by atoms with Gasteiger partial charge in [0.1, 0.15) is 11.4 Å². The minimum Gasteiger partial charge on any atom is -0.512 e. The molecule has 0 saturated carbocycles. The van der Waals surface area contributed by atoms with Crippen LogP contribution in [0.25, 0.3) is 0 Å². The molecule has 2 rings (SSSR count). The lowest BCUT2D eigenvalue weighted by Gasteiger charge is -2.28. The van der Waals surface area contributed by atoms with E-state index in [1.165, 1.54) is 25.3 Å². The molecule has 0 radical (unpaired) electrons. The van der Waals surface area contributed by atoms with Crippen LogP contribution in [0.1, 0.15) is 49.9 Å². The molecular formula is C22H28O3. The first-order valence-electron chi connectivity index (χ1n) is 9.07. The lowest BCUT2D eigenvalue weighted by atomic mass is 9.91. The molecular weight excluding hydrogens is 312 g/mol. The highest BCUT2D eigenvalue weighted by Crippen LogP contribution is 2.27. The Kier molecular flexibility index (Phi) is 7.20. The molecule has 1 aliphatic rings. The Bertz CT molecular complexity index is 642. The van der Waals surface area contributed by atoms with Gasteiger partial charge in [-0.05, 0) is 25.5 Å². The minimum atomic E-state index is -0.579. The molecule has 0 saturated heterocycles. The summed E-state index contributed by atoms with van der Waals surface area (Å²) >= 11 is 0. The zero-order valence-corrected chi connectivity index (χ0v) is 15.2. The van der Waals surface area contributed by atoms with Crippen LogP contribution < -0.4 is 0 Å². The number of ketones is 1. The van der Waals surface area contributed by atoms with Crippen LogP contribution in [-0.2, 0) is 4.74 Å². The first-order valence-corrected chi connectivity index (χ1v) is 9.07. The lowest BCUT2D eigenvalue weighted by molar-refractivity contribution is 0.0339. The van der Waals surface area contributed by atoms with Gasteiger partial charge < -0.3 is 9.84 Å². The highest BCUT2D eigenvalue weighted by molar-refractivity contribution is 6.04. The van der Waals surface area contributed by atoms with E-state index in [2.05, 4.69) is 6.92 Å². The van der Waals surface area contributed by atoms with Crippen LogP contribution in [0.15, 0.2) is 66.5 Å². The van der Waals surface area contributed by atoms with Gasteiger partial charge in [0.25, 0.3) is 0 Å². The number of rotatable bonds is 9. The number of unbranched alkanes of at least 4 members (excludes halogenated alkanes) is 3. The molecule has 2 atom stereocenters. The summed E-state index contributed by atoms with van der Waals surface area (Å²) in [5.74, 6) is -0.137. The molecule has 2 unspecified atom stereocenters. The monoisotopic (exact) mass is 340 g/mol. The van der Waals surface area contributed by atoms with E-state index in [4.69, 9.17) is 4.74 Å². The van der Waals surface area contributed by atoms with Gasteiger partial charge in [-0.1, -0.05) is 74.7 Å². The van der Waals surface area contributed by atoms with Crippen molar-refractivity contribution in [2.75, 3.05) is 6.61 Å². The van der Waals surface area contributed by atoms with Gasteiger partial charge in [-0.2, -0.15) is 0 Å². The molecule has 1 aromatic carbocycles. The standard InChI is InChI=1S/C22H28O3/c1-3-4-5-9-16-25-22(2)15-14-19(21(24)17-22)12-13-20(23)18-10-7-6-8-11-18/h6-8,10-15,17,19,24H,3-5,9,16H2,1-2H3/b13-12+. The second kappa shape index (κ2) is 9.38. The first-order chi connectivity index (χ1) is 12.0. The maximum absolute atomic E-state index is 12.1. The number of aliphatic hydroxyl groups is 1. The van der Waals surface area contributed by atoms with E-state index < -0.39 is 5.60 Å². The highest BCUT2D eigenvalue weighted by atomic mass is 16.5. The summed E-state index contributed by atoms with van der Waals surface area (Å²) in [6.07, 6.45) is 13.4. The number of hydrogen-bond donors (Lipinski definition) is 1. The van der Waals surface area contributed by atoms with E-state index in [0.717, 1.165) is 6.42 Å². The van der Waals surface area contributed by atoms with Crippen LogP contribution >= 0.6 is 0 Å². The third-order valence-electron chi connectivity index (χ3n) is 4.33. The first kappa shape index (κ1) is 19.2. The van der Waals surface area contributed by atoms with Crippen molar-refractivity contribution < 1.29 is 14.6 Å². The number of allylic oxidation sites excluding steroid dienone is 2. The fraction of sp³-hybridized carbons (Fsp3) is 0.409. The number of benzene rings is 1. The second-order valence-electron chi connectivity index (χ2n) is 6.64. The predicted octanol–water partition coefficient (Wildman–Crippen LogP) is 5.41. The highest BCUT2D eigenvalue weighted by Gasteiger charge is 2.26. The second-order valence-corrected chi connectivity index (χ2v) is 6.64. The number of hydrogen-bond acceptors (Lipinski definition) is 3. The number of carbonyl (C=O) groups excluding carboxylic acids is 1. The van der Waals surface area contributed by atoms with Gasteiger partial charge in [0, 0.05) is 12.2 Å². The Balaban J connectivity index is 1.90. The van der Waals surface area contributed by atoms with Crippen LogP contribution in [0.4, 0.5) is 0 Å². The average Bonchev–Trinajstić information content (AvgIpc) is 2.61. The van der Waals surface area contributed by atoms with E-state index in [9.17, 15) is 9.90 Å². The van der Waals surface area contributed by atoms with Crippen molar-refractivity contribution in [3.63, 3.8) is 0 Å². The van der Waals surface area contributed by atoms with E-state index in [0.29, 0.717) is 12.2 Å². The maximum atomic E-state index is 12.1. The molecule has 25 heavy (non-hydrogen) atoms. The van der Waals surface area contributed by atoms with Gasteiger partial charge >= 0.3 is 0 Å². The molecule has 1 aromatic rings. The van der Waals surface area contributed by atoms with E-state index >= 15 is 0 Å². The summed E-state index contributed by atoms with van der Waals surface area (Å²) in [7, 11) is 0. The zero-order valence-electron chi connectivity index (χ0n) is 15.2. The molecule has 0 aromatic heterocycles. The molecule has 1 N–H and O–H groups in total. The van der Waals surface area contributed by atoms with Crippen molar-refractivity contribution in [1.82, 2.24) is 0 Å². The largest absolute Gasteiger partial charge is 0.512 e. The number of carbonyl (C=O) groups is 1. The molecule has 3 heteroatoms. The molecule has 0 bridgehead atoms. The SMILES string of the molecule is CCCCCCOC1(C)C=CC(/C=C/C(=O)c2ccccc2)C(O)=C1. The van der Waals surface area contributed by atoms with Crippen molar-refractivity contribution in [2.24, 2.45) is 5.92 Å². The van der Waals surface area contributed by atoms with E-state index in [1.807, 2.05) is 37.3 Å². The summed E-state index contributed by atoms with van der Waals surface area (Å²) in [6.45, 7) is 4.80. The predicted molar refractivity (Wildman–Crippen MR) is 102 cm³/mol. The smallest absolute Gasteiger partial charge is 0.185 e. The van der Waals surface area contributed by atoms with Crippen LogP contribution in [-0.4, -0.2) is 23.1 Å². The molecule has 0 aliphatic heterocycles. The Hall–Kier alpha value is -2.13. The topological polar surface area (TPSA) is 46.5 Å². The Morgan fingerprint density at radius 1 is 1.24 bits per heavy atom. The molecule has 0 heterocycles. The Morgan fingerprint density at radius 2 is 2.00 bits per heavy atom. The molecule has 3 nitrogen and oxygen atoms in total. The molecule has 0 spiro atoms. The summed E-state index contributed by atoms with van der Waals surface area (Å²) in [4.78, 5) is 12.1. The summed E-state index contributed by atoms with van der Waals surface area (Å²) < 4.78 is 5.92. The van der Waals surface area contributed by atoms with Gasteiger partial charge in [-0.25, -0.2) is 0 Å². The number of ether oxygens (including phenoxy) is 1. The van der Waals surface area contributed by atoms with Crippen molar-refractivity contribution >= 4 is 5.78 Å². The lowest BCUT2D eigenvalue weighted by Crippen LogP contribution is -2.28. The van der Waals surface area contributed by atoms with Gasteiger partial charge in [0.2, 0.25) is 0 Å². The molecule has 1 aliphatic carbocycles. The van der Waals surface area contributed by atoms with Crippen molar-refractivity contribution in [3.05, 3.63) is 72.0 Å². The fourth-order valence-corrected chi connectivity index (χ4v) is 2.79. The van der Waals surface area contributed by atoms with E-state index in [1.54, 1.807) is 24.3 Å². The zero-order chi connectivity index (χ0) is 18.1. The van der Waals surface area contributed by atoms with Crippen molar-refractivity contribution in [3.8, 4) is 0 Å². The summed E-state index contributed by atoms with van der Waals surface area (Å²) in [5, 5.41) is 10.3. The van der Waals surface area contributed by atoms with Gasteiger partial charge in [0.05, 0.1) is 5.92 Å². The fourth-order valence-electron chi connectivity index (χ4n) is 2.79. The molecule has 134 valence electrons. The van der Waals surface area contributed by atoms with Crippen LogP contribution in [0, 0.1) is 5.92 Å². The van der Waals surface area contributed by atoms with Crippen LogP contribution in [0.5, 0.6) is 0 Å². The van der Waals surface area contributed by atoms with Gasteiger partial charge in [-0.15, -0.1) is 0 Å². The van der Waals surface area contributed by atoms with Crippen LogP contribution in [0.3, 0.4) is 0 Å². The normalized spacial score (nSPS) is 23.0. The van der Waals surface area contributed by atoms with Crippen molar-refractivity contribution in [2.45, 2.75) is 45.1 Å². The quantitative estimate of drug-likeness (QED) is 0.283. The van der Waals surface area contributed by atoms with Gasteiger partial charge in [-0.3, -0.25) is 4.79 Å². The third-order valence-corrected chi connectivity index (χ3v) is 4.33.